The molecule has 5 nitrogen and oxygen atoms in total. The minimum absolute atomic E-state index is 0.541. The first kappa shape index (κ1) is 24.2. The molecule has 0 bridgehead atoms. The summed E-state index contributed by atoms with van der Waals surface area (Å²) in [7, 11) is 0. The lowest BCUT2D eigenvalue weighted by atomic mass is 9.96. The third-order valence-corrected chi connectivity index (χ3v) is 9.01. The van der Waals surface area contributed by atoms with Crippen molar-refractivity contribution in [2.75, 3.05) is 0 Å². The first-order valence-corrected chi connectivity index (χ1v) is 14.3. The van der Waals surface area contributed by atoms with Gasteiger partial charge in [-0.2, -0.15) is 5.26 Å². The Kier molecular flexibility index (Phi) is 5.30. The van der Waals surface area contributed by atoms with Crippen LogP contribution in [0.5, 0.6) is 0 Å². The molecule has 196 valence electrons. The monoisotopic (exact) mass is 555 g/mol. The van der Waals surface area contributed by atoms with Gasteiger partial charge in [0.15, 0.2) is 0 Å². The van der Waals surface area contributed by atoms with Crippen molar-refractivity contribution < 1.29 is 0 Å². The van der Waals surface area contributed by atoms with Crippen LogP contribution in [-0.2, 0) is 0 Å². The number of rotatable bonds is 4. The summed E-state index contributed by atoms with van der Waals surface area (Å²) in [6, 6.07) is 30.3. The lowest BCUT2D eigenvalue weighted by Gasteiger charge is -2.13. The second kappa shape index (κ2) is 9.20. The number of pyridine rings is 1. The van der Waals surface area contributed by atoms with E-state index in [0.29, 0.717) is 11.5 Å². The van der Waals surface area contributed by atoms with E-state index in [9.17, 15) is 5.26 Å². The Bertz CT molecular complexity index is 2470. The largest absolute Gasteiger partial charge is 0.275 e. The Balaban J connectivity index is 1.61. The summed E-state index contributed by atoms with van der Waals surface area (Å²) in [5.41, 5.74) is 7.82. The second-order valence-corrected chi connectivity index (χ2v) is 11.1. The summed E-state index contributed by atoms with van der Waals surface area (Å²) in [5, 5.41) is 13.8. The Hall–Kier alpha value is -5.64. The van der Waals surface area contributed by atoms with Crippen molar-refractivity contribution in [2.45, 2.75) is 0 Å². The molecule has 4 aromatic heterocycles. The van der Waals surface area contributed by atoms with Gasteiger partial charge in [0.25, 0.3) is 0 Å². The second-order valence-electron chi connectivity index (χ2n) is 10.1. The van der Waals surface area contributed by atoms with Crippen LogP contribution in [0.3, 0.4) is 0 Å². The van der Waals surface area contributed by atoms with Crippen LogP contribution in [0.1, 0.15) is 16.7 Å². The van der Waals surface area contributed by atoms with E-state index < -0.39 is 0 Å². The number of fused-ring (bicyclic) bond motifs is 8. The molecule has 0 aliphatic rings. The van der Waals surface area contributed by atoms with E-state index in [1.165, 1.54) is 10.1 Å². The maximum Gasteiger partial charge on any atom is 0.235 e. The topological polar surface area (TPSA) is 67.4 Å². The van der Waals surface area contributed by atoms with E-state index >= 15 is 0 Å². The van der Waals surface area contributed by atoms with Gasteiger partial charge < -0.3 is 0 Å². The van der Waals surface area contributed by atoms with Crippen LogP contribution in [-0.4, -0.2) is 19.5 Å². The molecule has 0 aliphatic carbocycles. The van der Waals surface area contributed by atoms with E-state index in [4.69, 9.17) is 15.0 Å². The molecule has 0 unspecified atom stereocenters. The van der Waals surface area contributed by atoms with E-state index in [2.05, 4.69) is 54.1 Å². The molecule has 8 rings (SSSR count). The molecular weight excluding hydrogens is 534 g/mol. The van der Waals surface area contributed by atoms with Gasteiger partial charge in [-0.25, -0.2) is 9.97 Å². The highest BCUT2D eigenvalue weighted by molar-refractivity contribution is 7.26. The van der Waals surface area contributed by atoms with Gasteiger partial charge in [0.2, 0.25) is 5.95 Å². The molecule has 42 heavy (non-hydrogen) atoms. The Morgan fingerprint density at radius 1 is 0.810 bits per heavy atom. The normalized spacial score (nSPS) is 11.5. The van der Waals surface area contributed by atoms with Crippen molar-refractivity contribution in [3.8, 4) is 23.3 Å². The van der Waals surface area contributed by atoms with E-state index in [1.807, 2.05) is 66.9 Å². The Morgan fingerprint density at radius 3 is 2.43 bits per heavy atom. The summed E-state index contributed by atoms with van der Waals surface area (Å²) in [6.07, 6.45) is 5.66. The summed E-state index contributed by atoms with van der Waals surface area (Å²) >= 11 is 1.75. The maximum absolute atomic E-state index is 9.61. The lowest BCUT2D eigenvalue weighted by Crippen LogP contribution is -2.04. The van der Waals surface area contributed by atoms with Gasteiger partial charge in [-0.15, -0.1) is 11.3 Å². The number of hydrogen-bond donors (Lipinski definition) is 0. The maximum atomic E-state index is 9.61. The van der Waals surface area contributed by atoms with Crippen LogP contribution in [0.4, 0.5) is 0 Å². The van der Waals surface area contributed by atoms with Crippen LogP contribution in [0.2, 0.25) is 0 Å². The quantitative estimate of drug-likeness (QED) is 0.217. The lowest BCUT2D eigenvalue weighted by molar-refractivity contribution is 1.02. The number of thiophene rings is 1. The van der Waals surface area contributed by atoms with Gasteiger partial charge in [-0.05, 0) is 47.5 Å². The molecule has 0 spiro atoms. The highest BCUT2D eigenvalue weighted by Crippen LogP contribution is 2.47. The van der Waals surface area contributed by atoms with Gasteiger partial charge in [-0.1, -0.05) is 73.8 Å². The Labute approximate surface area is 245 Å². The average Bonchev–Trinajstić information content (AvgIpc) is 3.60. The van der Waals surface area contributed by atoms with Gasteiger partial charge in [0, 0.05) is 38.0 Å². The number of aromatic nitrogens is 4. The van der Waals surface area contributed by atoms with Crippen molar-refractivity contribution in [1.29, 1.82) is 5.26 Å². The zero-order chi connectivity index (χ0) is 28.4. The fourth-order valence-electron chi connectivity index (χ4n) is 6.09. The molecule has 0 aliphatic heterocycles. The summed E-state index contributed by atoms with van der Waals surface area (Å²) in [6.45, 7) is 8.43. The number of benzene rings is 4. The highest BCUT2D eigenvalue weighted by Gasteiger charge is 2.25. The van der Waals surface area contributed by atoms with Crippen molar-refractivity contribution >= 4 is 76.5 Å². The molecule has 0 saturated carbocycles. The van der Waals surface area contributed by atoms with Crippen LogP contribution >= 0.6 is 11.3 Å². The number of hydrogen-bond acceptors (Lipinski definition) is 5. The minimum Gasteiger partial charge on any atom is -0.275 e. The third-order valence-electron chi connectivity index (χ3n) is 7.83. The van der Waals surface area contributed by atoms with Crippen LogP contribution in [0.15, 0.2) is 104 Å². The number of nitriles is 1. The molecule has 6 heteroatoms. The van der Waals surface area contributed by atoms with Gasteiger partial charge in [-0.3, -0.25) is 9.55 Å². The van der Waals surface area contributed by atoms with Crippen molar-refractivity contribution in [3.05, 3.63) is 121 Å². The molecule has 0 radical (unpaired) electrons. The number of para-hydroxylation sites is 1. The fraction of sp³-hybridized carbons (Fsp3) is 0. The molecule has 0 N–H and O–H groups in total. The number of nitrogens with zero attached hydrogens (tertiary/aromatic N) is 5. The molecule has 0 atom stereocenters. The average molecular weight is 556 g/mol. The van der Waals surface area contributed by atoms with E-state index in [-0.39, 0.29) is 0 Å². The van der Waals surface area contributed by atoms with Crippen molar-refractivity contribution in [2.24, 2.45) is 0 Å². The standard InChI is InChI=1S/C36H21N5S/c1-3-23-24(4-2)31-33-28(16-10-18-38-33)41(34(31)35-30(23)26-14-6-8-17-29(26)42-35)36-39-27-15-7-5-13-25(27)32(40-36)22-12-9-11-21(19-22)20-37/h3-19H,1-2H2. The minimum atomic E-state index is 0.541. The highest BCUT2D eigenvalue weighted by atomic mass is 32.1. The summed E-state index contributed by atoms with van der Waals surface area (Å²) in [5.74, 6) is 0.541. The molecule has 0 fully saturated rings. The molecule has 4 aromatic carbocycles. The first-order chi connectivity index (χ1) is 20.7. The molecule has 0 saturated heterocycles. The van der Waals surface area contributed by atoms with E-state index in [0.717, 1.165) is 65.3 Å². The molecule has 8 aromatic rings. The predicted molar refractivity (Wildman–Crippen MR) is 175 cm³/mol. The van der Waals surface area contributed by atoms with E-state index in [1.54, 1.807) is 17.4 Å². The van der Waals surface area contributed by atoms with Gasteiger partial charge >= 0.3 is 0 Å². The molecule has 0 amide bonds. The van der Waals surface area contributed by atoms with Gasteiger partial charge in [0.1, 0.15) is 0 Å². The summed E-state index contributed by atoms with van der Waals surface area (Å²) in [4.78, 5) is 15.2. The smallest absolute Gasteiger partial charge is 0.235 e. The SMILES string of the molecule is C=Cc1c(C=C)c2c3ncccc3n(-c3nc(-c4cccc(C#N)c4)c4ccccc4n3)c2c2sc3ccccc3c12. The predicted octanol–water partition coefficient (Wildman–Crippen LogP) is 9.31. The first-order valence-electron chi connectivity index (χ1n) is 13.5. The zero-order valence-corrected chi connectivity index (χ0v) is 23.2. The molecular formula is C36H21N5S. The van der Waals surface area contributed by atoms with Gasteiger partial charge in [0.05, 0.1) is 44.1 Å². The zero-order valence-electron chi connectivity index (χ0n) is 22.4. The fourth-order valence-corrected chi connectivity index (χ4v) is 7.34. The van der Waals surface area contributed by atoms with Crippen LogP contribution in [0.25, 0.3) is 82.4 Å². The van der Waals surface area contributed by atoms with Crippen LogP contribution < -0.4 is 0 Å². The Morgan fingerprint density at radius 2 is 1.60 bits per heavy atom. The summed E-state index contributed by atoms with van der Waals surface area (Å²) < 4.78 is 4.45. The third kappa shape index (κ3) is 3.32. The molecule has 4 heterocycles. The van der Waals surface area contributed by atoms with Crippen LogP contribution in [0, 0.1) is 11.3 Å². The van der Waals surface area contributed by atoms with Crippen molar-refractivity contribution in [3.63, 3.8) is 0 Å². The van der Waals surface area contributed by atoms with Crippen molar-refractivity contribution in [1.82, 2.24) is 19.5 Å².